The lowest BCUT2D eigenvalue weighted by Crippen LogP contribution is -2.26. The number of carbonyl (C=O) groups excluding carboxylic acids is 1. The van der Waals surface area contributed by atoms with Crippen molar-refractivity contribution in [3.63, 3.8) is 0 Å². The summed E-state index contributed by atoms with van der Waals surface area (Å²) in [6, 6.07) is 24.1. The van der Waals surface area contributed by atoms with Crippen LogP contribution >= 0.6 is 0 Å². The highest BCUT2D eigenvalue weighted by molar-refractivity contribution is 5.76. The van der Waals surface area contributed by atoms with Crippen molar-refractivity contribution in [3.05, 3.63) is 102 Å². The molecular formula is C25H25N3O2. The zero-order chi connectivity index (χ0) is 20.6. The minimum Gasteiger partial charge on any atom is -0.461 e. The average Bonchev–Trinajstić information content (AvgIpc) is 3.43. The van der Waals surface area contributed by atoms with Crippen molar-refractivity contribution >= 4 is 5.91 Å². The van der Waals surface area contributed by atoms with Crippen LogP contribution in [0.3, 0.4) is 0 Å². The maximum atomic E-state index is 12.2. The van der Waals surface area contributed by atoms with Crippen LogP contribution in [0, 0.1) is 0 Å². The summed E-state index contributed by atoms with van der Waals surface area (Å²) in [6.07, 6.45) is 5.47. The highest BCUT2D eigenvalue weighted by Crippen LogP contribution is 2.22. The van der Waals surface area contributed by atoms with Crippen molar-refractivity contribution in [2.75, 3.05) is 6.54 Å². The number of nitrogens with one attached hydrogen (secondary N) is 1. The van der Waals surface area contributed by atoms with Gasteiger partial charge in [0.05, 0.1) is 0 Å². The first-order chi connectivity index (χ1) is 14.8. The summed E-state index contributed by atoms with van der Waals surface area (Å²) in [5.41, 5.74) is 2.27. The molecule has 5 nitrogen and oxygen atoms in total. The third-order valence-corrected chi connectivity index (χ3v) is 4.99. The predicted molar refractivity (Wildman–Crippen MR) is 117 cm³/mol. The van der Waals surface area contributed by atoms with Crippen LogP contribution in [0.4, 0.5) is 0 Å². The maximum absolute atomic E-state index is 12.2. The van der Waals surface area contributed by atoms with Gasteiger partial charge in [-0.1, -0.05) is 60.7 Å². The predicted octanol–water partition coefficient (Wildman–Crippen LogP) is 4.48. The van der Waals surface area contributed by atoms with E-state index in [0.717, 1.165) is 29.5 Å². The van der Waals surface area contributed by atoms with Gasteiger partial charge in [-0.15, -0.1) is 0 Å². The quantitative estimate of drug-likeness (QED) is 0.451. The van der Waals surface area contributed by atoms with Gasteiger partial charge in [0.2, 0.25) is 5.91 Å². The van der Waals surface area contributed by atoms with Gasteiger partial charge in [0, 0.05) is 50.3 Å². The third-order valence-electron chi connectivity index (χ3n) is 4.99. The number of rotatable bonds is 9. The molecule has 4 aromatic rings. The van der Waals surface area contributed by atoms with E-state index in [2.05, 4.69) is 27.0 Å². The van der Waals surface area contributed by atoms with Gasteiger partial charge in [-0.25, -0.2) is 4.98 Å². The first-order valence-corrected chi connectivity index (χ1v) is 10.2. The molecule has 0 atom stereocenters. The van der Waals surface area contributed by atoms with Gasteiger partial charge < -0.3 is 14.3 Å². The zero-order valence-electron chi connectivity index (χ0n) is 16.8. The highest BCUT2D eigenvalue weighted by atomic mass is 16.3. The normalized spacial score (nSPS) is 10.8. The van der Waals surface area contributed by atoms with Gasteiger partial charge >= 0.3 is 0 Å². The molecule has 152 valence electrons. The van der Waals surface area contributed by atoms with E-state index in [0.29, 0.717) is 25.8 Å². The van der Waals surface area contributed by atoms with Crippen LogP contribution in [-0.2, 0) is 24.2 Å². The van der Waals surface area contributed by atoms with Crippen LogP contribution in [-0.4, -0.2) is 22.0 Å². The van der Waals surface area contributed by atoms with Crippen LogP contribution in [0.15, 0.2) is 89.6 Å². The molecule has 0 spiro atoms. The smallest absolute Gasteiger partial charge is 0.220 e. The second-order valence-corrected chi connectivity index (χ2v) is 7.19. The summed E-state index contributed by atoms with van der Waals surface area (Å²) in [4.78, 5) is 16.6. The number of aromatic nitrogens is 2. The van der Waals surface area contributed by atoms with E-state index in [-0.39, 0.29) is 5.91 Å². The maximum Gasteiger partial charge on any atom is 0.220 e. The van der Waals surface area contributed by atoms with E-state index < -0.39 is 0 Å². The summed E-state index contributed by atoms with van der Waals surface area (Å²) >= 11 is 0. The van der Waals surface area contributed by atoms with Gasteiger partial charge in [-0.2, -0.15) is 0 Å². The first-order valence-electron chi connectivity index (χ1n) is 10.2. The Morgan fingerprint density at radius 3 is 2.50 bits per heavy atom. The van der Waals surface area contributed by atoms with Gasteiger partial charge in [0.15, 0.2) is 0 Å². The SMILES string of the molecule is O=C(CCc1ccc(-c2ccccc2)o1)NCCc1nccn1Cc1ccccc1. The molecule has 30 heavy (non-hydrogen) atoms. The van der Waals surface area contributed by atoms with E-state index in [4.69, 9.17) is 4.42 Å². The fourth-order valence-electron chi connectivity index (χ4n) is 3.40. The molecule has 0 radical (unpaired) electrons. The number of benzene rings is 2. The summed E-state index contributed by atoms with van der Waals surface area (Å²) < 4.78 is 7.98. The Hall–Kier alpha value is -3.60. The van der Waals surface area contributed by atoms with Crippen molar-refractivity contribution in [1.82, 2.24) is 14.9 Å². The minimum absolute atomic E-state index is 0.0221. The molecule has 0 saturated heterocycles. The Morgan fingerprint density at radius 1 is 0.933 bits per heavy atom. The van der Waals surface area contributed by atoms with Crippen LogP contribution in [0.5, 0.6) is 0 Å². The number of nitrogens with zero attached hydrogens (tertiary/aromatic N) is 2. The molecule has 0 fully saturated rings. The Balaban J connectivity index is 1.22. The lowest BCUT2D eigenvalue weighted by molar-refractivity contribution is -0.121. The Morgan fingerprint density at radius 2 is 1.70 bits per heavy atom. The number of hydrogen-bond acceptors (Lipinski definition) is 3. The largest absolute Gasteiger partial charge is 0.461 e. The molecule has 0 bridgehead atoms. The van der Waals surface area contributed by atoms with Gasteiger partial charge in [0.25, 0.3) is 0 Å². The van der Waals surface area contributed by atoms with E-state index in [9.17, 15) is 4.79 Å². The molecule has 1 N–H and O–H groups in total. The second kappa shape index (κ2) is 9.74. The molecule has 2 heterocycles. The van der Waals surface area contributed by atoms with E-state index >= 15 is 0 Å². The number of furan rings is 1. The topological polar surface area (TPSA) is 60.1 Å². The molecule has 2 aromatic carbocycles. The molecule has 4 rings (SSSR count). The lowest BCUT2D eigenvalue weighted by atomic mass is 10.2. The summed E-state index contributed by atoms with van der Waals surface area (Å²) in [5.74, 6) is 2.64. The molecule has 2 aromatic heterocycles. The zero-order valence-corrected chi connectivity index (χ0v) is 16.8. The van der Waals surface area contributed by atoms with E-state index in [1.807, 2.05) is 66.9 Å². The van der Waals surface area contributed by atoms with Crippen molar-refractivity contribution in [1.29, 1.82) is 0 Å². The fourth-order valence-corrected chi connectivity index (χ4v) is 3.40. The molecule has 0 saturated carbocycles. The number of carbonyl (C=O) groups is 1. The van der Waals surface area contributed by atoms with Crippen molar-refractivity contribution < 1.29 is 9.21 Å². The molecule has 0 aliphatic rings. The van der Waals surface area contributed by atoms with E-state index in [1.54, 1.807) is 6.20 Å². The fraction of sp³-hybridized carbons (Fsp3) is 0.200. The molecule has 1 amide bonds. The summed E-state index contributed by atoms with van der Waals surface area (Å²) in [5, 5.41) is 2.99. The number of imidazole rings is 1. The minimum atomic E-state index is 0.0221. The third kappa shape index (κ3) is 5.26. The molecule has 5 heteroatoms. The monoisotopic (exact) mass is 399 g/mol. The highest BCUT2D eigenvalue weighted by Gasteiger charge is 2.09. The number of hydrogen-bond donors (Lipinski definition) is 1. The Bertz CT molecular complexity index is 1070. The van der Waals surface area contributed by atoms with Crippen LogP contribution in [0.2, 0.25) is 0 Å². The van der Waals surface area contributed by atoms with Crippen molar-refractivity contribution in [2.45, 2.75) is 25.8 Å². The molecule has 0 aliphatic heterocycles. The molecular weight excluding hydrogens is 374 g/mol. The molecule has 0 aliphatic carbocycles. The molecule has 0 unspecified atom stereocenters. The van der Waals surface area contributed by atoms with Gasteiger partial charge in [-0.3, -0.25) is 4.79 Å². The lowest BCUT2D eigenvalue weighted by Gasteiger charge is -2.09. The number of amides is 1. The first kappa shape index (κ1) is 19.7. The Labute approximate surface area is 176 Å². The van der Waals surface area contributed by atoms with Crippen LogP contribution in [0.1, 0.15) is 23.6 Å². The Kier molecular flexibility index (Phi) is 6.40. The van der Waals surface area contributed by atoms with Crippen LogP contribution in [0.25, 0.3) is 11.3 Å². The standard InChI is InChI=1S/C25H25N3O2/c29-25(14-12-22-11-13-23(30-22)21-9-5-2-6-10-21)27-16-15-24-26-17-18-28(24)19-20-7-3-1-4-8-20/h1-11,13,17-18H,12,14-16,19H2,(H,27,29). The average molecular weight is 399 g/mol. The van der Waals surface area contributed by atoms with Crippen LogP contribution < -0.4 is 5.32 Å². The van der Waals surface area contributed by atoms with Crippen molar-refractivity contribution in [2.24, 2.45) is 0 Å². The summed E-state index contributed by atoms with van der Waals surface area (Å²) in [6.45, 7) is 1.35. The van der Waals surface area contributed by atoms with Crippen molar-refractivity contribution in [3.8, 4) is 11.3 Å². The van der Waals surface area contributed by atoms with E-state index in [1.165, 1.54) is 5.56 Å². The summed E-state index contributed by atoms with van der Waals surface area (Å²) in [7, 11) is 0. The van der Waals surface area contributed by atoms with Gasteiger partial charge in [-0.05, 0) is 17.7 Å². The second-order valence-electron chi connectivity index (χ2n) is 7.19. The van der Waals surface area contributed by atoms with Gasteiger partial charge in [0.1, 0.15) is 17.3 Å². The number of aryl methyl sites for hydroxylation is 1.